The van der Waals surface area contributed by atoms with E-state index in [0.29, 0.717) is 17.9 Å². The van der Waals surface area contributed by atoms with Gasteiger partial charge in [0.2, 0.25) is 5.91 Å². The van der Waals surface area contributed by atoms with E-state index in [1.165, 1.54) is 0 Å². The maximum Gasteiger partial charge on any atom is 0.237 e. The fraction of sp³-hybridized carbons (Fsp3) is 0.548. The van der Waals surface area contributed by atoms with Crippen LogP contribution in [-0.2, 0) is 21.4 Å². The number of fused-ring (bicyclic) bond motifs is 2. The minimum atomic E-state index is -0.869. The molecule has 2 aromatic rings. The lowest BCUT2D eigenvalue weighted by Gasteiger charge is -2.37. The fourth-order valence-corrected chi connectivity index (χ4v) is 7.26. The number of carbonyl (C=O) groups is 2. The van der Waals surface area contributed by atoms with Crippen molar-refractivity contribution < 1.29 is 14.7 Å². The lowest BCUT2D eigenvalue weighted by molar-refractivity contribution is -0.124. The summed E-state index contributed by atoms with van der Waals surface area (Å²) in [5.74, 6) is 0.208. The molecule has 3 unspecified atom stereocenters. The van der Waals surface area contributed by atoms with E-state index in [1.54, 1.807) is 0 Å². The van der Waals surface area contributed by atoms with Crippen LogP contribution in [0.2, 0.25) is 5.02 Å². The second-order valence-corrected chi connectivity index (χ2v) is 13.1. The van der Waals surface area contributed by atoms with Gasteiger partial charge in [0.15, 0.2) is 0 Å². The Balaban J connectivity index is 1.58. The Morgan fingerprint density at radius 3 is 2.46 bits per heavy atom. The van der Waals surface area contributed by atoms with Crippen molar-refractivity contribution in [1.82, 2.24) is 5.32 Å². The summed E-state index contributed by atoms with van der Waals surface area (Å²) >= 11 is 6.33. The third-order valence-electron chi connectivity index (χ3n) is 8.74. The second kappa shape index (κ2) is 10.2. The number of nitrogens with one attached hydrogen (secondary N) is 2. The third kappa shape index (κ3) is 5.10. The van der Waals surface area contributed by atoms with E-state index in [4.69, 9.17) is 11.6 Å². The minimum Gasteiger partial charge on any atom is -0.393 e. The van der Waals surface area contributed by atoms with Crippen molar-refractivity contribution in [3.63, 3.8) is 0 Å². The van der Waals surface area contributed by atoms with Crippen LogP contribution in [0.3, 0.4) is 0 Å². The Labute approximate surface area is 225 Å². The molecule has 2 heterocycles. The Morgan fingerprint density at radius 2 is 1.78 bits per heavy atom. The molecular formula is C31H39ClN2O3. The summed E-state index contributed by atoms with van der Waals surface area (Å²) in [5.41, 5.74) is 1.91. The van der Waals surface area contributed by atoms with Gasteiger partial charge in [0, 0.05) is 29.1 Å². The summed E-state index contributed by atoms with van der Waals surface area (Å²) in [6.45, 7) is 6.56. The van der Waals surface area contributed by atoms with Crippen LogP contribution < -0.4 is 10.6 Å². The molecule has 3 aliphatic rings. The van der Waals surface area contributed by atoms with Gasteiger partial charge in [-0.1, -0.05) is 68.8 Å². The van der Waals surface area contributed by atoms with E-state index in [0.717, 1.165) is 48.9 Å². The highest BCUT2D eigenvalue weighted by Crippen LogP contribution is 2.54. The van der Waals surface area contributed by atoms with Gasteiger partial charge >= 0.3 is 0 Å². The molecule has 1 aliphatic carbocycles. The standard InChI is InChI=1S/C31H39ClN2O3/c1-30(2,3)18-27-31(23-14-11-21(32)17-25(23)33-29(31)37)24(15-19-7-5-4-6-8-19)28(34-27)26(36)16-20-9-12-22(35)13-10-20/h4-8,11,14,17,20,22,24,27-28,34-35H,9-10,12-13,15-16,18H2,1-3H3,(H,33,37)/t20?,22?,24?,27?,28-,31?/m1/s1. The molecule has 5 rings (SSSR count). The lowest BCUT2D eigenvalue weighted by Crippen LogP contribution is -2.50. The number of halogens is 1. The van der Waals surface area contributed by atoms with Crippen LogP contribution in [0.4, 0.5) is 5.69 Å². The highest BCUT2D eigenvalue weighted by Gasteiger charge is 2.64. The van der Waals surface area contributed by atoms with E-state index >= 15 is 0 Å². The average Bonchev–Trinajstić information content (AvgIpc) is 3.30. The highest BCUT2D eigenvalue weighted by atomic mass is 35.5. The number of benzene rings is 2. The largest absolute Gasteiger partial charge is 0.393 e. The molecule has 3 N–H and O–H groups in total. The van der Waals surface area contributed by atoms with Crippen LogP contribution in [-0.4, -0.2) is 35.0 Å². The molecule has 1 saturated carbocycles. The van der Waals surface area contributed by atoms with Crippen molar-refractivity contribution in [2.24, 2.45) is 17.3 Å². The van der Waals surface area contributed by atoms with Crippen LogP contribution >= 0.6 is 11.6 Å². The van der Waals surface area contributed by atoms with Crippen LogP contribution in [0.1, 0.15) is 70.4 Å². The second-order valence-electron chi connectivity index (χ2n) is 12.6. The smallest absolute Gasteiger partial charge is 0.237 e. The molecular weight excluding hydrogens is 484 g/mol. The predicted octanol–water partition coefficient (Wildman–Crippen LogP) is 5.68. The maximum atomic E-state index is 14.1. The first-order valence-electron chi connectivity index (χ1n) is 13.7. The molecule has 37 heavy (non-hydrogen) atoms. The Bertz CT molecular complexity index is 1150. The monoisotopic (exact) mass is 522 g/mol. The van der Waals surface area contributed by atoms with Gasteiger partial charge < -0.3 is 15.7 Å². The molecule has 1 saturated heterocycles. The molecule has 0 bridgehead atoms. The highest BCUT2D eigenvalue weighted by molar-refractivity contribution is 6.31. The van der Waals surface area contributed by atoms with Crippen LogP contribution in [0.25, 0.3) is 0 Å². The van der Waals surface area contributed by atoms with Gasteiger partial charge in [-0.15, -0.1) is 0 Å². The van der Waals surface area contributed by atoms with Gasteiger partial charge in [0.05, 0.1) is 17.6 Å². The lowest BCUT2D eigenvalue weighted by atomic mass is 9.62. The first-order valence-corrected chi connectivity index (χ1v) is 14.1. The first kappa shape index (κ1) is 26.4. The Kier molecular flexibility index (Phi) is 7.25. The van der Waals surface area contributed by atoms with E-state index in [9.17, 15) is 14.7 Å². The van der Waals surface area contributed by atoms with E-state index in [2.05, 4.69) is 43.5 Å². The number of amides is 1. The van der Waals surface area contributed by atoms with Crippen molar-refractivity contribution >= 4 is 29.0 Å². The van der Waals surface area contributed by atoms with Crippen molar-refractivity contribution in [2.45, 2.75) is 89.3 Å². The third-order valence-corrected chi connectivity index (χ3v) is 8.97. The zero-order valence-electron chi connectivity index (χ0n) is 22.1. The van der Waals surface area contributed by atoms with Crippen LogP contribution in [0, 0.1) is 17.3 Å². The minimum absolute atomic E-state index is 0.0384. The number of aliphatic hydroxyl groups is 1. The summed E-state index contributed by atoms with van der Waals surface area (Å²) in [7, 11) is 0. The summed E-state index contributed by atoms with van der Waals surface area (Å²) in [6.07, 6.45) is 4.91. The number of anilines is 1. The average molecular weight is 523 g/mol. The van der Waals surface area contributed by atoms with Crippen molar-refractivity contribution in [1.29, 1.82) is 0 Å². The Morgan fingerprint density at radius 1 is 1.08 bits per heavy atom. The number of hydrogen-bond acceptors (Lipinski definition) is 4. The van der Waals surface area contributed by atoms with Crippen molar-refractivity contribution in [2.75, 3.05) is 5.32 Å². The number of rotatable bonds is 6. The topological polar surface area (TPSA) is 78.4 Å². The molecule has 1 amide bonds. The molecule has 198 valence electrons. The molecule has 0 aromatic heterocycles. The SMILES string of the molecule is CC(C)(C)CC1N[C@@H](C(=O)CC2CCC(O)CC2)C(Cc2ccccc2)C12C(=O)Nc1cc(Cl)ccc12. The fourth-order valence-electron chi connectivity index (χ4n) is 7.09. The van der Waals surface area contributed by atoms with E-state index < -0.39 is 11.5 Å². The van der Waals surface area contributed by atoms with Crippen LogP contribution in [0.15, 0.2) is 48.5 Å². The predicted molar refractivity (Wildman–Crippen MR) is 148 cm³/mol. The number of ketones is 1. The molecule has 1 spiro atoms. The molecule has 2 fully saturated rings. The Hall–Kier alpha value is -2.21. The zero-order valence-corrected chi connectivity index (χ0v) is 22.9. The van der Waals surface area contributed by atoms with Crippen LogP contribution in [0.5, 0.6) is 0 Å². The summed E-state index contributed by atoms with van der Waals surface area (Å²) in [5, 5.41) is 17.4. The summed E-state index contributed by atoms with van der Waals surface area (Å²) < 4.78 is 0. The molecule has 5 nitrogen and oxygen atoms in total. The van der Waals surface area contributed by atoms with Gasteiger partial charge in [0.1, 0.15) is 5.78 Å². The van der Waals surface area contributed by atoms with Gasteiger partial charge in [-0.25, -0.2) is 0 Å². The number of hydrogen-bond donors (Lipinski definition) is 3. The van der Waals surface area contributed by atoms with Gasteiger partial charge in [0.25, 0.3) is 0 Å². The van der Waals surface area contributed by atoms with E-state index in [-0.39, 0.29) is 41.1 Å². The van der Waals surface area contributed by atoms with Crippen molar-refractivity contribution in [3.8, 4) is 0 Å². The number of Topliss-reactive ketones (excluding diaryl/α,β-unsaturated/α-hetero) is 1. The molecule has 2 aliphatic heterocycles. The quantitative estimate of drug-likeness (QED) is 0.456. The summed E-state index contributed by atoms with van der Waals surface area (Å²) in [6, 6.07) is 15.3. The van der Waals surface area contributed by atoms with Gasteiger partial charge in [-0.2, -0.15) is 0 Å². The maximum absolute atomic E-state index is 14.1. The number of carbonyl (C=O) groups excluding carboxylic acids is 2. The van der Waals surface area contributed by atoms with Gasteiger partial charge in [-0.3, -0.25) is 9.59 Å². The van der Waals surface area contributed by atoms with Gasteiger partial charge in [-0.05, 0) is 73.1 Å². The molecule has 6 heteroatoms. The normalized spacial score (nSPS) is 31.4. The van der Waals surface area contributed by atoms with Crippen molar-refractivity contribution in [3.05, 3.63) is 64.7 Å². The zero-order chi connectivity index (χ0) is 26.4. The van der Waals surface area contributed by atoms with E-state index in [1.807, 2.05) is 36.4 Å². The molecule has 4 atom stereocenters. The first-order chi connectivity index (χ1) is 17.6. The molecule has 0 radical (unpaired) electrons. The number of aliphatic hydroxyl groups excluding tert-OH is 1. The molecule has 2 aromatic carbocycles. The summed E-state index contributed by atoms with van der Waals surface area (Å²) in [4.78, 5) is 28.2.